The first-order chi connectivity index (χ1) is 8.62. The number of carbonyl (C=O) groups is 3. The number of rotatable bonds is 7. The van der Waals surface area contributed by atoms with Crippen molar-refractivity contribution in [2.75, 3.05) is 13.1 Å². The smallest absolute Gasteiger partial charge is 0.303 e. The van der Waals surface area contributed by atoms with Gasteiger partial charge in [-0.15, -0.1) is 0 Å². The molecule has 6 heteroatoms. The van der Waals surface area contributed by atoms with Crippen molar-refractivity contribution in [3.05, 3.63) is 0 Å². The molecular formula is C13H24N2O4. The van der Waals surface area contributed by atoms with E-state index in [1.54, 1.807) is 20.8 Å². The summed E-state index contributed by atoms with van der Waals surface area (Å²) in [7, 11) is 0. The topological polar surface area (TPSA) is 95.5 Å². The molecule has 0 rings (SSSR count). The van der Waals surface area contributed by atoms with E-state index in [2.05, 4.69) is 10.6 Å². The van der Waals surface area contributed by atoms with E-state index in [-0.39, 0.29) is 30.7 Å². The molecule has 0 bridgehead atoms. The predicted molar refractivity (Wildman–Crippen MR) is 71.5 cm³/mol. The van der Waals surface area contributed by atoms with E-state index in [1.165, 1.54) is 0 Å². The van der Waals surface area contributed by atoms with Gasteiger partial charge in [-0.05, 0) is 12.3 Å². The van der Waals surface area contributed by atoms with Crippen molar-refractivity contribution in [1.82, 2.24) is 10.6 Å². The van der Waals surface area contributed by atoms with Crippen molar-refractivity contribution in [2.24, 2.45) is 11.3 Å². The van der Waals surface area contributed by atoms with E-state index >= 15 is 0 Å². The minimum absolute atomic E-state index is 0.0538. The highest BCUT2D eigenvalue weighted by Gasteiger charge is 2.21. The fourth-order valence-electron chi connectivity index (χ4n) is 1.25. The maximum atomic E-state index is 11.5. The lowest BCUT2D eigenvalue weighted by molar-refractivity contribution is -0.137. The highest BCUT2D eigenvalue weighted by molar-refractivity contribution is 5.87. The Hall–Kier alpha value is -1.59. The molecule has 0 aromatic heterocycles. The molecule has 1 atom stereocenters. The Labute approximate surface area is 113 Å². The molecule has 0 aliphatic carbocycles. The van der Waals surface area contributed by atoms with Crippen LogP contribution in [0.4, 0.5) is 0 Å². The molecule has 6 nitrogen and oxygen atoms in total. The number of hydrogen-bond acceptors (Lipinski definition) is 3. The summed E-state index contributed by atoms with van der Waals surface area (Å²) in [4.78, 5) is 33.4. The minimum Gasteiger partial charge on any atom is -0.481 e. The molecule has 0 fully saturated rings. The quantitative estimate of drug-likeness (QED) is 0.637. The van der Waals surface area contributed by atoms with E-state index < -0.39 is 11.4 Å². The van der Waals surface area contributed by atoms with Gasteiger partial charge in [0.15, 0.2) is 0 Å². The summed E-state index contributed by atoms with van der Waals surface area (Å²) in [5.74, 6) is -1.18. The number of carboxylic acids is 1. The minimum atomic E-state index is -0.837. The lowest BCUT2D eigenvalue weighted by Crippen LogP contribution is -2.42. The number of carbonyl (C=O) groups excluding carboxylic acids is 2. The Balaban J connectivity index is 3.82. The van der Waals surface area contributed by atoms with Crippen molar-refractivity contribution in [3.63, 3.8) is 0 Å². The number of hydrogen-bond donors (Lipinski definition) is 3. The summed E-state index contributed by atoms with van der Waals surface area (Å²) < 4.78 is 0. The van der Waals surface area contributed by atoms with E-state index in [1.807, 2.05) is 6.92 Å². The standard InChI is InChI=1S/C13H24N2O4/c1-9(5-6-11(17)18)7-14-10(16)8-15-12(19)13(2,3)4/h9H,5-8H2,1-4H3,(H,14,16)(H,15,19)(H,17,18). The summed E-state index contributed by atoms with van der Waals surface area (Å²) in [6, 6.07) is 0. The zero-order chi connectivity index (χ0) is 15.1. The fraction of sp³-hybridized carbons (Fsp3) is 0.769. The van der Waals surface area contributed by atoms with Crippen LogP contribution < -0.4 is 10.6 Å². The summed E-state index contributed by atoms with van der Waals surface area (Å²) >= 11 is 0. The van der Waals surface area contributed by atoms with Crippen LogP contribution in [0.3, 0.4) is 0 Å². The van der Waals surface area contributed by atoms with Gasteiger partial charge in [0.25, 0.3) is 0 Å². The van der Waals surface area contributed by atoms with Crippen LogP contribution in [0.25, 0.3) is 0 Å². The molecule has 0 radical (unpaired) electrons. The third kappa shape index (κ3) is 9.04. The Bertz CT molecular complexity index is 334. The lowest BCUT2D eigenvalue weighted by Gasteiger charge is -2.17. The molecule has 0 heterocycles. The maximum Gasteiger partial charge on any atom is 0.303 e. The summed E-state index contributed by atoms with van der Waals surface area (Å²) in [5, 5.41) is 13.7. The second-order valence-electron chi connectivity index (χ2n) is 5.77. The Morgan fingerprint density at radius 3 is 2.21 bits per heavy atom. The molecule has 0 aromatic carbocycles. The molecule has 3 N–H and O–H groups in total. The van der Waals surface area contributed by atoms with Crippen molar-refractivity contribution < 1.29 is 19.5 Å². The van der Waals surface area contributed by atoms with Crippen molar-refractivity contribution in [2.45, 2.75) is 40.5 Å². The van der Waals surface area contributed by atoms with E-state index in [4.69, 9.17) is 5.11 Å². The van der Waals surface area contributed by atoms with E-state index in [9.17, 15) is 14.4 Å². The van der Waals surface area contributed by atoms with Crippen LogP contribution in [0.1, 0.15) is 40.5 Å². The van der Waals surface area contributed by atoms with Crippen molar-refractivity contribution in [1.29, 1.82) is 0 Å². The molecule has 110 valence electrons. The fourth-order valence-corrected chi connectivity index (χ4v) is 1.25. The van der Waals surface area contributed by atoms with Gasteiger partial charge in [-0.25, -0.2) is 0 Å². The predicted octanol–water partition coefficient (Wildman–Crippen LogP) is 0.766. The highest BCUT2D eigenvalue weighted by atomic mass is 16.4. The van der Waals surface area contributed by atoms with Crippen molar-refractivity contribution in [3.8, 4) is 0 Å². The third-order valence-corrected chi connectivity index (χ3v) is 2.59. The Kier molecular flexibility index (Phi) is 7.11. The van der Waals surface area contributed by atoms with Gasteiger partial charge in [-0.3, -0.25) is 14.4 Å². The first kappa shape index (κ1) is 17.4. The third-order valence-electron chi connectivity index (χ3n) is 2.59. The van der Waals surface area contributed by atoms with Gasteiger partial charge >= 0.3 is 5.97 Å². The lowest BCUT2D eigenvalue weighted by atomic mass is 9.96. The zero-order valence-corrected chi connectivity index (χ0v) is 12.1. The van der Waals surface area contributed by atoms with Crippen LogP contribution in [0.5, 0.6) is 0 Å². The zero-order valence-electron chi connectivity index (χ0n) is 12.1. The molecular weight excluding hydrogens is 248 g/mol. The second kappa shape index (κ2) is 7.76. The van der Waals surface area contributed by atoms with Gasteiger partial charge in [-0.1, -0.05) is 27.7 Å². The molecule has 19 heavy (non-hydrogen) atoms. The van der Waals surface area contributed by atoms with Gasteiger partial charge < -0.3 is 15.7 Å². The molecule has 0 spiro atoms. The molecule has 1 unspecified atom stereocenters. The number of carboxylic acid groups (broad SMARTS) is 1. The van der Waals surface area contributed by atoms with Crippen molar-refractivity contribution >= 4 is 17.8 Å². The molecule has 0 aromatic rings. The van der Waals surface area contributed by atoms with Crippen LogP contribution in [0, 0.1) is 11.3 Å². The average molecular weight is 272 g/mol. The number of amides is 2. The number of aliphatic carboxylic acids is 1. The molecule has 0 saturated heterocycles. The molecule has 2 amide bonds. The second-order valence-corrected chi connectivity index (χ2v) is 5.77. The monoisotopic (exact) mass is 272 g/mol. The van der Waals surface area contributed by atoms with Crippen LogP contribution in [0.15, 0.2) is 0 Å². The molecule has 0 aliphatic rings. The van der Waals surface area contributed by atoms with Crippen LogP contribution in [-0.4, -0.2) is 36.0 Å². The average Bonchev–Trinajstić information content (AvgIpc) is 2.29. The van der Waals surface area contributed by atoms with E-state index in [0.717, 1.165) is 0 Å². The highest BCUT2D eigenvalue weighted by Crippen LogP contribution is 2.11. The van der Waals surface area contributed by atoms with Gasteiger partial charge in [0.05, 0.1) is 6.54 Å². The summed E-state index contributed by atoms with van der Waals surface area (Å²) in [6.07, 6.45) is 0.613. The number of nitrogens with one attached hydrogen (secondary N) is 2. The van der Waals surface area contributed by atoms with Crippen LogP contribution >= 0.6 is 0 Å². The summed E-state index contributed by atoms with van der Waals surface area (Å²) in [5.41, 5.74) is -0.519. The summed E-state index contributed by atoms with van der Waals surface area (Å²) in [6.45, 7) is 7.55. The van der Waals surface area contributed by atoms with Gasteiger partial charge in [-0.2, -0.15) is 0 Å². The van der Waals surface area contributed by atoms with Gasteiger partial charge in [0, 0.05) is 18.4 Å². The van der Waals surface area contributed by atoms with Gasteiger partial charge in [0.1, 0.15) is 0 Å². The SMILES string of the molecule is CC(CCC(=O)O)CNC(=O)CNC(=O)C(C)(C)C. The first-order valence-corrected chi connectivity index (χ1v) is 6.39. The van der Waals surface area contributed by atoms with Crippen LogP contribution in [-0.2, 0) is 14.4 Å². The normalized spacial score (nSPS) is 12.6. The van der Waals surface area contributed by atoms with Crippen LogP contribution in [0.2, 0.25) is 0 Å². The maximum absolute atomic E-state index is 11.5. The molecule has 0 saturated carbocycles. The van der Waals surface area contributed by atoms with Gasteiger partial charge in [0.2, 0.25) is 11.8 Å². The molecule has 0 aliphatic heterocycles. The Morgan fingerprint density at radius 2 is 1.74 bits per heavy atom. The van der Waals surface area contributed by atoms with E-state index in [0.29, 0.717) is 13.0 Å². The first-order valence-electron chi connectivity index (χ1n) is 6.39. The Morgan fingerprint density at radius 1 is 1.16 bits per heavy atom. The largest absolute Gasteiger partial charge is 0.481 e.